The Hall–Kier alpha value is -3.39. The zero-order chi connectivity index (χ0) is 20.5. The molecule has 0 aliphatic carbocycles. The highest BCUT2D eigenvalue weighted by molar-refractivity contribution is 5.98. The maximum atomic E-state index is 12.7. The summed E-state index contributed by atoms with van der Waals surface area (Å²) in [6.07, 6.45) is 0. The number of carbonyl (C=O) groups excluding carboxylic acids is 2. The minimum absolute atomic E-state index is 0.199. The van der Waals surface area contributed by atoms with Crippen LogP contribution in [0.3, 0.4) is 0 Å². The second-order valence-electron chi connectivity index (χ2n) is 5.90. The number of rotatable bonds is 9. The molecule has 28 heavy (non-hydrogen) atoms. The summed E-state index contributed by atoms with van der Waals surface area (Å²) in [7, 11) is 2.85. The number of carboxylic acid groups (broad SMARTS) is 1. The number of carboxylic acids is 1. The lowest BCUT2D eigenvalue weighted by molar-refractivity contribution is -0.143. The molecule has 148 valence electrons. The summed E-state index contributed by atoms with van der Waals surface area (Å²) < 4.78 is 9.89. The highest BCUT2D eigenvalue weighted by Crippen LogP contribution is 2.16. The van der Waals surface area contributed by atoms with Gasteiger partial charge in [-0.15, -0.1) is 0 Å². The van der Waals surface area contributed by atoms with Gasteiger partial charge in [-0.1, -0.05) is 30.3 Å². The second-order valence-corrected chi connectivity index (χ2v) is 5.90. The standard InChI is InChI=1S/C20H22N2O6/c1-27-12-16(20(25)26)21-19(24)17(13-6-4-3-5-7-13)22-18(23)14-8-10-15(28-2)11-9-14/h3-11,16-17H,12H2,1-2H3,(H,21,24)(H,22,23)(H,25,26). The zero-order valence-corrected chi connectivity index (χ0v) is 15.5. The number of nitrogens with one attached hydrogen (secondary N) is 2. The van der Waals surface area contributed by atoms with E-state index in [1.165, 1.54) is 14.2 Å². The van der Waals surface area contributed by atoms with Crippen molar-refractivity contribution in [3.63, 3.8) is 0 Å². The highest BCUT2D eigenvalue weighted by Gasteiger charge is 2.28. The van der Waals surface area contributed by atoms with E-state index in [1.807, 2.05) is 0 Å². The van der Waals surface area contributed by atoms with Crippen LogP contribution in [0.15, 0.2) is 54.6 Å². The first-order valence-corrected chi connectivity index (χ1v) is 8.48. The molecule has 0 aliphatic rings. The fraction of sp³-hybridized carbons (Fsp3) is 0.250. The number of carbonyl (C=O) groups is 3. The van der Waals surface area contributed by atoms with E-state index in [9.17, 15) is 19.5 Å². The molecular formula is C20H22N2O6. The average molecular weight is 386 g/mol. The molecule has 0 aliphatic heterocycles. The van der Waals surface area contributed by atoms with Crippen LogP contribution in [0.25, 0.3) is 0 Å². The molecule has 0 spiro atoms. The van der Waals surface area contributed by atoms with Crippen molar-refractivity contribution >= 4 is 17.8 Å². The molecular weight excluding hydrogens is 364 g/mol. The zero-order valence-electron chi connectivity index (χ0n) is 15.5. The van der Waals surface area contributed by atoms with Crippen molar-refractivity contribution in [2.45, 2.75) is 12.1 Å². The van der Waals surface area contributed by atoms with Gasteiger partial charge < -0.3 is 25.2 Å². The van der Waals surface area contributed by atoms with Crippen LogP contribution in [0.2, 0.25) is 0 Å². The van der Waals surface area contributed by atoms with E-state index in [-0.39, 0.29) is 6.61 Å². The molecule has 0 saturated heterocycles. The average Bonchev–Trinajstić information content (AvgIpc) is 2.72. The van der Waals surface area contributed by atoms with Crippen LogP contribution >= 0.6 is 0 Å². The van der Waals surface area contributed by atoms with Gasteiger partial charge in [-0.25, -0.2) is 4.79 Å². The first kappa shape index (κ1) is 20.9. The van der Waals surface area contributed by atoms with Gasteiger partial charge >= 0.3 is 5.97 Å². The fourth-order valence-corrected chi connectivity index (χ4v) is 2.50. The summed E-state index contributed by atoms with van der Waals surface area (Å²) in [5.74, 6) is -1.77. The van der Waals surface area contributed by atoms with Gasteiger partial charge in [0.1, 0.15) is 11.8 Å². The van der Waals surface area contributed by atoms with E-state index in [0.29, 0.717) is 16.9 Å². The molecule has 2 amide bonds. The van der Waals surface area contributed by atoms with Crippen molar-refractivity contribution in [1.29, 1.82) is 0 Å². The molecule has 8 heteroatoms. The molecule has 8 nitrogen and oxygen atoms in total. The van der Waals surface area contributed by atoms with Crippen molar-refractivity contribution in [1.82, 2.24) is 10.6 Å². The van der Waals surface area contributed by atoms with Gasteiger partial charge in [0, 0.05) is 12.7 Å². The van der Waals surface area contributed by atoms with E-state index in [1.54, 1.807) is 54.6 Å². The van der Waals surface area contributed by atoms with Crippen LogP contribution in [0.4, 0.5) is 0 Å². The number of hydrogen-bond donors (Lipinski definition) is 3. The normalized spacial score (nSPS) is 12.5. The lowest BCUT2D eigenvalue weighted by atomic mass is 10.0. The van der Waals surface area contributed by atoms with E-state index in [4.69, 9.17) is 9.47 Å². The fourth-order valence-electron chi connectivity index (χ4n) is 2.50. The first-order valence-electron chi connectivity index (χ1n) is 8.48. The summed E-state index contributed by atoms with van der Waals surface area (Å²) in [4.78, 5) is 36.6. The molecule has 0 heterocycles. The smallest absolute Gasteiger partial charge is 0.328 e. The molecule has 0 saturated carbocycles. The monoisotopic (exact) mass is 386 g/mol. The van der Waals surface area contributed by atoms with Gasteiger partial charge in [0.05, 0.1) is 13.7 Å². The van der Waals surface area contributed by atoms with Crippen molar-refractivity contribution in [2.75, 3.05) is 20.8 Å². The van der Waals surface area contributed by atoms with E-state index in [0.717, 1.165) is 0 Å². The third kappa shape index (κ3) is 5.55. The number of methoxy groups -OCH3 is 2. The second kappa shape index (κ2) is 10.1. The minimum atomic E-state index is -1.23. The number of amides is 2. The molecule has 2 rings (SSSR count). The van der Waals surface area contributed by atoms with E-state index >= 15 is 0 Å². The van der Waals surface area contributed by atoms with Crippen molar-refractivity contribution < 1.29 is 29.0 Å². The van der Waals surface area contributed by atoms with Crippen LogP contribution in [0.1, 0.15) is 22.0 Å². The van der Waals surface area contributed by atoms with Gasteiger partial charge in [0.2, 0.25) is 5.91 Å². The Bertz CT molecular complexity index is 807. The Morgan fingerprint density at radius 2 is 1.61 bits per heavy atom. The number of ether oxygens (including phenoxy) is 2. The lowest BCUT2D eigenvalue weighted by Crippen LogP contribution is -2.49. The Balaban J connectivity index is 2.22. The molecule has 3 N–H and O–H groups in total. The van der Waals surface area contributed by atoms with Crippen molar-refractivity contribution in [2.24, 2.45) is 0 Å². The maximum Gasteiger partial charge on any atom is 0.328 e. The Kier molecular flexibility index (Phi) is 7.53. The quantitative estimate of drug-likeness (QED) is 0.600. The molecule has 0 fully saturated rings. The highest BCUT2D eigenvalue weighted by atomic mass is 16.5. The predicted octanol–water partition coefficient (Wildman–Crippen LogP) is 1.38. The van der Waals surface area contributed by atoms with Crippen LogP contribution in [-0.4, -0.2) is 49.8 Å². The van der Waals surface area contributed by atoms with Crippen LogP contribution in [0, 0.1) is 0 Å². The third-order valence-corrected chi connectivity index (χ3v) is 3.97. The molecule has 2 aromatic rings. The van der Waals surface area contributed by atoms with E-state index < -0.39 is 29.9 Å². The Morgan fingerprint density at radius 3 is 2.14 bits per heavy atom. The van der Waals surface area contributed by atoms with Gasteiger partial charge in [-0.3, -0.25) is 9.59 Å². The molecule has 2 unspecified atom stereocenters. The molecule has 0 radical (unpaired) electrons. The summed E-state index contributed by atoms with van der Waals surface area (Å²) in [6, 6.07) is 12.6. The third-order valence-electron chi connectivity index (χ3n) is 3.97. The SMILES string of the molecule is COCC(NC(=O)C(NC(=O)c1ccc(OC)cc1)c1ccccc1)C(=O)O. The van der Waals surface area contributed by atoms with Crippen LogP contribution < -0.4 is 15.4 Å². The molecule has 0 aromatic heterocycles. The minimum Gasteiger partial charge on any atom is -0.497 e. The first-order chi connectivity index (χ1) is 13.5. The largest absolute Gasteiger partial charge is 0.497 e. The van der Waals surface area contributed by atoms with Gasteiger partial charge in [0.15, 0.2) is 6.04 Å². The molecule has 0 bridgehead atoms. The van der Waals surface area contributed by atoms with Gasteiger partial charge in [-0.2, -0.15) is 0 Å². The Morgan fingerprint density at radius 1 is 0.964 bits per heavy atom. The van der Waals surface area contributed by atoms with Crippen molar-refractivity contribution in [3.05, 3.63) is 65.7 Å². The predicted molar refractivity (Wildman–Crippen MR) is 101 cm³/mol. The maximum absolute atomic E-state index is 12.7. The summed E-state index contributed by atoms with van der Waals surface area (Å²) in [5, 5.41) is 14.3. The number of aliphatic carboxylic acids is 1. The lowest BCUT2D eigenvalue weighted by Gasteiger charge is -2.21. The molecule has 2 aromatic carbocycles. The summed E-state index contributed by atoms with van der Waals surface area (Å²) in [5.41, 5.74) is 0.852. The van der Waals surface area contributed by atoms with Crippen LogP contribution in [0.5, 0.6) is 5.75 Å². The number of hydrogen-bond acceptors (Lipinski definition) is 5. The van der Waals surface area contributed by atoms with Crippen LogP contribution in [-0.2, 0) is 14.3 Å². The Labute approximate surface area is 162 Å². The van der Waals surface area contributed by atoms with Gasteiger partial charge in [0.25, 0.3) is 5.91 Å². The summed E-state index contributed by atoms with van der Waals surface area (Å²) in [6.45, 7) is -0.199. The van der Waals surface area contributed by atoms with Crippen molar-refractivity contribution in [3.8, 4) is 5.75 Å². The number of benzene rings is 2. The molecule has 2 atom stereocenters. The summed E-state index contributed by atoms with van der Waals surface area (Å²) >= 11 is 0. The van der Waals surface area contributed by atoms with E-state index in [2.05, 4.69) is 10.6 Å². The van der Waals surface area contributed by atoms with Gasteiger partial charge in [-0.05, 0) is 29.8 Å². The topological polar surface area (TPSA) is 114 Å².